The molecular weight excluding hydrogens is 189 g/mol. The predicted octanol–water partition coefficient (Wildman–Crippen LogP) is -3.16. The van der Waals surface area contributed by atoms with E-state index in [0.29, 0.717) is 11.4 Å². The first-order valence-corrected chi connectivity index (χ1v) is 3.94. The molecule has 0 saturated heterocycles. The van der Waals surface area contributed by atoms with Gasteiger partial charge in [-0.05, 0) is 18.2 Å². The van der Waals surface area contributed by atoms with Crippen LogP contribution in [-0.4, -0.2) is 20.9 Å². The number of rotatable bonds is 2. The molecule has 2 heterocycles. The van der Waals surface area contributed by atoms with Crippen molar-refractivity contribution < 1.29 is 28.8 Å². The van der Waals surface area contributed by atoms with Crippen molar-refractivity contribution in [3.63, 3.8) is 0 Å². The summed E-state index contributed by atoms with van der Waals surface area (Å²) in [5.41, 5.74) is 1.32. The summed E-state index contributed by atoms with van der Waals surface area (Å²) < 4.78 is 0. The number of H-pyrrole nitrogens is 1. The van der Waals surface area contributed by atoms with Gasteiger partial charge in [0.25, 0.3) is 0 Å². The molecule has 15 heavy (non-hydrogen) atoms. The van der Waals surface area contributed by atoms with Crippen molar-refractivity contribution in [1.29, 1.82) is 0 Å². The molecule has 0 atom stereocenters. The fraction of sp³-hybridized carbons (Fsp3) is 0. The van der Waals surface area contributed by atoms with Crippen molar-refractivity contribution in [3.05, 3.63) is 36.4 Å². The van der Waals surface area contributed by atoms with Gasteiger partial charge in [-0.15, -0.1) is 0 Å². The molecule has 2 rings (SSSR count). The molecule has 0 fully saturated rings. The maximum absolute atomic E-state index is 10.5. The number of carbonyl (C=O) groups excluding carboxylic acids is 1. The van der Waals surface area contributed by atoms with Crippen LogP contribution in [0.5, 0.6) is 0 Å². The van der Waals surface area contributed by atoms with E-state index in [4.69, 9.17) is 0 Å². The van der Waals surface area contributed by atoms with Crippen LogP contribution in [0, 0.1) is 0 Å². The quantitative estimate of drug-likeness (QED) is 0.513. The van der Waals surface area contributed by atoms with Gasteiger partial charge in [0.15, 0.2) is 0 Å². The summed E-state index contributed by atoms with van der Waals surface area (Å²) in [5.74, 6) is -1.23. The summed E-state index contributed by atoms with van der Waals surface area (Å²) in [6.07, 6.45) is 2.98. The molecule has 0 radical (unpaired) electrons. The van der Waals surface area contributed by atoms with Crippen molar-refractivity contribution in [2.75, 3.05) is 0 Å². The zero-order chi connectivity index (χ0) is 9.97. The Labute approximate surface area is 97.8 Å². The Morgan fingerprint density at radius 1 is 1.33 bits per heavy atom. The molecule has 5 nitrogen and oxygen atoms in total. The van der Waals surface area contributed by atoms with Crippen molar-refractivity contribution in [3.8, 4) is 11.4 Å². The normalized spacial score (nSPS) is 9.33. The molecule has 0 amide bonds. The van der Waals surface area contributed by atoms with Crippen LogP contribution in [0.3, 0.4) is 0 Å². The zero-order valence-corrected chi connectivity index (χ0v) is 8.10. The minimum absolute atomic E-state index is 0. The fourth-order valence-electron chi connectivity index (χ4n) is 1.11. The standard InChI is InChI=1S/C9H7N3O2.Li/c13-9(14)8-2-1-7(12-8)6-3-4-10-5-11-6;/h1-5,12H,(H,13,14);/q;+1/p-1. The Morgan fingerprint density at radius 2 is 2.13 bits per heavy atom. The number of hydrogen-bond acceptors (Lipinski definition) is 4. The minimum atomic E-state index is -1.23. The third-order valence-electron chi connectivity index (χ3n) is 1.76. The maximum Gasteiger partial charge on any atom is 1.00 e. The Kier molecular flexibility index (Phi) is 3.66. The van der Waals surface area contributed by atoms with E-state index in [2.05, 4.69) is 15.0 Å². The SMILES string of the molecule is O=C([O-])c1ccc(-c2ccncn2)[nH]1.[Li+]. The first kappa shape index (κ1) is 11.5. The summed E-state index contributed by atoms with van der Waals surface area (Å²) in [6, 6.07) is 4.76. The van der Waals surface area contributed by atoms with Crippen molar-refractivity contribution in [1.82, 2.24) is 15.0 Å². The van der Waals surface area contributed by atoms with Gasteiger partial charge in [0, 0.05) is 6.20 Å². The van der Waals surface area contributed by atoms with Gasteiger partial charge in [0.05, 0.1) is 23.1 Å². The molecule has 0 bridgehead atoms. The summed E-state index contributed by atoms with van der Waals surface area (Å²) in [6.45, 7) is 0. The van der Waals surface area contributed by atoms with E-state index in [1.807, 2.05) is 0 Å². The molecule has 0 aliphatic rings. The van der Waals surface area contributed by atoms with Crippen LogP contribution in [0.2, 0.25) is 0 Å². The third-order valence-corrected chi connectivity index (χ3v) is 1.76. The van der Waals surface area contributed by atoms with E-state index in [0.717, 1.165) is 0 Å². The average molecular weight is 195 g/mol. The second-order valence-corrected chi connectivity index (χ2v) is 2.67. The Hall–Kier alpha value is -1.57. The van der Waals surface area contributed by atoms with Crippen LogP contribution in [0.1, 0.15) is 10.5 Å². The van der Waals surface area contributed by atoms with Crippen molar-refractivity contribution >= 4 is 5.97 Å². The van der Waals surface area contributed by atoms with E-state index in [-0.39, 0.29) is 24.6 Å². The van der Waals surface area contributed by atoms with Crippen LogP contribution < -0.4 is 24.0 Å². The van der Waals surface area contributed by atoms with Gasteiger partial charge in [0.2, 0.25) is 0 Å². The second kappa shape index (κ2) is 4.78. The first-order chi connectivity index (χ1) is 6.77. The molecule has 0 aliphatic heterocycles. The fourth-order valence-corrected chi connectivity index (χ4v) is 1.11. The van der Waals surface area contributed by atoms with E-state index in [9.17, 15) is 9.90 Å². The van der Waals surface area contributed by atoms with Gasteiger partial charge in [0.1, 0.15) is 6.33 Å². The summed E-state index contributed by atoms with van der Waals surface area (Å²) in [7, 11) is 0. The number of hydrogen-bond donors (Lipinski definition) is 1. The number of aromatic amines is 1. The number of nitrogens with zero attached hydrogens (tertiary/aromatic N) is 2. The Morgan fingerprint density at radius 3 is 2.67 bits per heavy atom. The smallest absolute Gasteiger partial charge is 0.543 e. The van der Waals surface area contributed by atoms with Crippen molar-refractivity contribution in [2.24, 2.45) is 0 Å². The van der Waals surface area contributed by atoms with Crippen LogP contribution in [0.15, 0.2) is 30.7 Å². The van der Waals surface area contributed by atoms with Gasteiger partial charge < -0.3 is 14.9 Å². The second-order valence-electron chi connectivity index (χ2n) is 2.67. The van der Waals surface area contributed by atoms with Gasteiger partial charge in [-0.2, -0.15) is 0 Å². The Bertz CT molecular complexity index is 455. The van der Waals surface area contributed by atoms with Gasteiger partial charge in [-0.3, -0.25) is 0 Å². The number of nitrogens with one attached hydrogen (secondary N) is 1. The third kappa shape index (κ3) is 2.46. The predicted molar refractivity (Wildman–Crippen MR) is 46.1 cm³/mol. The summed E-state index contributed by atoms with van der Waals surface area (Å²) in [4.78, 5) is 20.9. The van der Waals surface area contributed by atoms with Crippen LogP contribution >= 0.6 is 0 Å². The molecule has 0 spiro atoms. The van der Waals surface area contributed by atoms with Gasteiger partial charge in [-0.1, -0.05) is 0 Å². The minimum Gasteiger partial charge on any atom is -0.543 e. The van der Waals surface area contributed by atoms with Crippen LogP contribution in [-0.2, 0) is 0 Å². The number of carboxylic acid groups (broad SMARTS) is 1. The molecule has 70 valence electrons. The largest absolute Gasteiger partial charge is 1.00 e. The maximum atomic E-state index is 10.5. The number of aromatic nitrogens is 3. The number of aromatic carboxylic acids is 1. The summed E-state index contributed by atoms with van der Waals surface area (Å²) in [5, 5.41) is 10.5. The summed E-state index contributed by atoms with van der Waals surface area (Å²) >= 11 is 0. The number of carbonyl (C=O) groups is 1. The van der Waals surface area contributed by atoms with E-state index in [1.54, 1.807) is 18.3 Å². The molecule has 0 saturated carbocycles. The van der Waals surface area contributed by atoms with E-state index < -0.39 is 5.97 Å². The Balaban J connectivity index is 0.00000112. The molecule has 2 aromatic rings. The first-order valence-electron chi connectivity index (χ1n) is 3.94. The topological polar surface area (TPSA) is 81.7 Å². The monoisotopic (exact) mass is 195 g/mol. The van der Waals surface area contributed by atoms with Crippen LogP contribution in [0.25, 0.3) is 11.4 Å². The molecule has 6 heteroatoms. The van der Waals surface area contributed by atoms with E-state index >= 15 is 0 Å². The van der Waals surface area contributed by atoms with Gasteiger partial charge in [-0.25, -0.2) is 9.97 Å². The zero-order valence-electron chi connectivity index (χ0n) is 8.10. The molecule has 0 aromatic carbocycles. The molecule has 0 unspecified atom stereocenters. The molecule has 2 aromatic heterocycles. The van der Waals surface area contributed by atoms with Gasteiger partial charge >= 0.3 is 18.9 Å². The van der Waals surface area contributed by atoms with Crippen molar-refractivity contribution in [2.45, 2.75) is 0 Å². The molecule has 1 N–H and O–H groups in total. The average Bonchev–Trinajstić information content (AvgIpc) is 2.68. The number of carboxylic acids is 1. The van der Waals surface area contributed by atoms with E-state index in [1.165, 1.54) is 12.4 Å². The molecule has 0 aliphatic carbocycles. The van der Waals surface area contributed by atoms with Crippen LogP contribution in [0.4, 0.5) is 0 Å². The molecular formula is C9H6LiN3O2.